The van der Waals surface area contributed by atoms with Crippen LogP contribution in [0.2, 0.25) is 0 Å². The molecule has 0 bridgehead atoms. The van der Waals surface area contributed by atoms with Crippen molar-refractivity contribution in [3.63, 3.8) is 0 Å². The molecule has 2 amide bonds. The van der Waals surface area contributed by atoms with Gasteiger partial charge in [-0.15, -0.1) is 0 Å². The summed E-state index contributed by atoms with van der Waals surface area (Å²) >= 11 is 5.22. The number of aryl methyl sites for hydroxylation is 1. The third-order valence-corrected chi connectivity index (χ3v) is 5.94. The second kappa shape index (κ2) is 9.04. The van der Waals surface area contributed by atoms with Crippen molar-refractivity contribution in [1.82, 2.24) is 14.5 Å². The number of nitrogens with one attached hydrogen (secondary N) is 1. The van der Waals surface area contributed by atoms with Gasteiger partial charge in [-0.2, -0.15) is 0 Å². The quantitative estimate of drug-likeness (QED) is 0.309. The molecule has 10 nitrogen and oxygen atoms in total. The van der Waals surface area contributed by atoms with Gasteiger partial charge in [-0.25, -0.2) is 0 Å². The molecule has 4 rings (SSSR count). The van der Waals surface area contributed by atoms with Crippen LogP contribution in [0.15, 0.2) is 35.3 Å². The van der Waals surface area contributed by atoms with Crippen molar-refractivity contribution in [2.45, 2.75) is 37.9 Å². The minimum Gasteiger partial charge on any atom is -0.394 e. The summed E-state index contributed by atoms with van der Waals surface area (Å²) < 4.78 is 13.2. The zero-order chi connectivity index (χ0) is 23.0. The highest BCUT2D eigenvalue weighted by molar-refractivity contribution is 7.71. The van der Waals surface area contributed by atoms with Gasteiger partial charge in [0.1, 0.15) is 18.3 Å². The lowest BCUT2D eigenvalue weighted by Crippen LogP contribution is -2.37. The van der Waals surface area contributed by atoms with Crippen molar-refractivity contribution in [3.8, 4) is 0 Å². The number of imide groups is 1. The molecule has 0 radical (unpaired) electrons. The molecule has 0 unspecified atom stereocenters. The number of carbonyl (C=O) groups excluding carboxylic acids is 2. The maximum absolute atomic E-state index is 12.5. The standard InChI is InChI=1S/C21H23N3O7S/c1-11-9-24(21(32)22-17(11)27)20-16(15(26)14(10-25)31-20)30-8-4-7-23-18(28)12-5-2-3-6-13(12)19(23)29/h2-3,5-6,9,14-16,20,25-26H,4,7-8,10H2,1H3,(H,22,27,32)/t14-,15-,16-,20-/m1/s1. The molecule has 2 aliphatic heterocycles. The van der Waals surface area contributed by atoms with Gasteiger partial charge in [0.25, 0.3) is 17.4 Å². The van der Waals surface area contributed by atoms with E-state index in [0.29, 0.717) is 23.1 Å². The van der Waals surface area contributed by atoms with Crippen molar-refractivity contribution in [2.24, 2.45) is 0 Å². The van der Waals surface area contributed by atoms with Crippen LogP contribution in [0.1, 0.15) is 38.9 Å². The Morgan fingerprint density at radius 3 is 2.47 bits per heavy atom. The SMILES string of the molecule is Cc1cn([C@@H]2O[C@H](CO)[C@@H](O)[C@H]2OCCCN2C(=O)c3ccccc3C2=O)c(=S)[nH]c1=O. The van der Waals surface area contributed by atoms with Crippen LogP contribution >= 0.6 is 12.2 Å². The number of amides is 2. The minimum absolute atomic E-state index is 0.0935. The molecule has 1 aromatic heterocycles. The Labute approximate surface area is 188 Å². The summed E-state index contributed by atoms with van der Waals surface area (Å²) in [6, 6.07) is 6.65. The summed E-state index contributed by atoms with van der Waals surface area (Å²) in [5.41, 5.74) is 0.828. The highest BCUT2D eigenvalue weighted by Gasteiger charge is 2.45. The summed E-state index contributed by atoms with van der Waals surface area (Å²) in [6.07, 6.45) is -1.95. The van der Waals surface area contributed by atoms with Crippen LogP contribution in [0.3, 0.4) is 0 Å². The second-order valence-corrected chi connectivity index (χ2v) is 8.10. The third-order valence-electron chi connectivity index (χ3n) is 5.63. The summed E-state index contributed by atoms with van der Waals surface area (Å²) in [4.78, 5) is 40.4. The first kappa shape index (κ1) is 22.5. The number of nitrogens with zero attached hydrogens (tertiary/aromatic N) is 2. The topological polar surface area (TPSA) is 134 Å². The molecule has 3 heterocycles. The van der Waals surface area contributed by atoms with E-state index in [4.69, 9.17) is 21.7 Å². The van der Waals surface area contributed by atoms with Crippen molar-refractivity contribution in [1.29, 1.82) is 0 Å². The zero-order valence-corrected chi connectivity index (χ0v) is 18.1. The molecule has 1 fully saturated rings. The van der Waals surface area contributed by atoms with E-state index in [1.165, 1.54) is 15.7 Å². The normalized spacial score (nSPS) is 24.9. The molecule has 1 saturated heterocycles. The number of aromatic amines is 1. The summed E-state index contributed by atoms with van der Waals surface area (Å²) in [5, 5.41) is 20.1. The lowest BCUT2D eigenvalue weighted by atomic mass is 10.1. The molecule has 1 aromatic carbocycles. The first-order valence-electron chi connectivity index (χ1n) is 10.2. The molecule has 11 heteroatoms. The average Bonchev–Trinajstić information content (AvgIpc) is 3.22. The number of benzene rings is 1. The van der Waals surface area contributed by atoms with Gasteiger partial charge < -0.3 is 19.7 Å². The Bertz CT molecular complexity index is 1130. The van der Waals surface area contributed by atoms with Crippen LogP contribution in [-0.4, -0.2) is 74.5 Å². The zero-order valence-electron chi connectivity index (χ0n) is 17.3. The number of fused-ring (bicyclic) bond motifs is 1. The third kappa shape index (κ3) is 3.93. The van der Waals surface area contributed by atoms with E-state index in [1.54, 1.807) is 31.2 Å². The molecule has 0 saturated carbocycles. The van der Waals surface area contributed by atoms with Gasteiger partial charge in [0.05, 0.1) is 17.7 Å². The lowest BCUT2D eigenvalue weighted by molar-refractivity contribution is -0.0743. The Hall–Kier alpha value is -2.70. The van der Waals surface area contributed by atoms with Crippen LogP contribution in [0.25, 0.3) is 0 Å². The Balaban J connectivity index is 1.43. The van der Waals surface area contributed by atoms with Gasteiger partial charge >= 0.3 is 0 Å². The molecule has 4 atom stereocenters. The highest BCUT2D eigenvalue weighted by Crippen LogP contribution is 2.32. The van der Waals surface area contributed by atoms with Crippen molar-refractivity contribution in [2.75, 3.05) is 19.8 Å². The monoisotopic (exact) mass is 461 g/mol. The van der Waals surface area contributed by atoms with E-state index in [2.05, 4.69) is 4.98 Å². The fraction of sp³-hybridized carbons (Fsp3) is 0.429. The van der Waals surface area contributed by atoms with Crippen molar-refractivity contribution < 1.29 is 29.3 Å². The Morgan fingerprint density at radius 1 is 1.19 bits per heavy atom. The van der Waals surface area contributed by atoms with E-state index in [1.807, 2.05) is 0 Å². The van der Waals surface area contributed by atoms with E-state index in [9.17, 15) is 24.6 Å². The summed E-state index contributed by atoms with van der Waals surface area (Å²) in [7, 11) is 0. The van der Waals surface area contributed by atoms with Gasteiger partial charge in [0.15, 0.2) is 11.0 Å². The van der Waals surface area contributed by atoms with E-state index in [-0.39, 0.29) is 35.3 Å². The predicted molar refractivity (Wildman–Crippen MR) is 114 cm³/mol. The average molecular weight is 461 g/mol. The van der Waals surface area contributed by atoms with Crippen LogP contribution in [0.5, 0.6) is 0 Å². The molecule has 2 aromatic rings. The van der Waals surface area contributed by atoms with Crippen molar-refractivity contribution in [3.05, 3.63) is 62.3 Å². The van der Waals surface area contributed by atoms with E-state index < -0.39 is 31.1 Å². The molecule has 32 heavy (non-hydrogen) atoms. The van der Waals surface area contributed by atoms with Crippen LogP contribution in [0, 0.1) is 11.7 Å². The van der Waals surface area contributed by atoms with Crippen LogP contribution in [0.4, 0.5) is 0 Å². The van der Waals surface area contributed by atoms with Gasteiger partial charge in [-0.1, -0.05) is 12.1 Å². The first-order valence-corrected chi connectivity index (χ1v) is 10.6. The molecular weight excluding hydrogens is 438 g/mol. The smallest absolute Gasteiger partial charge is 0.261 e. The number of carbonyl (C=O) groups is 2. The van der Waals surface area contributed by atoms with Gasteiger partial charge in [0.2, 0.25) is 0 Å². The number of ether oxygens (including phenoxy) is 2. The number of H-pyrrole nitrogens is 1. The summed E-state index contributed by atoms with van der Waals surface area (Å²) in [6.45, 7) is 1.45. The second-order valence-electron chi connectivity index (χ2n) is 7.71. The Morgan fingerprint density at radius 2 is 1.84 bits per heavy atom. The molecule has 170 valence electrons. The number of aromatic nitrogens is 2. The predicted octanol–water partition coefficient (Wildman–Crippen LogP) is 0.536. The van der Waals surface area contributed by atoms with Gasteiger partial charge in [-0.3, -0.25) is 28.8 Å². The number of hydrogen-bond acceptors (Lipinski definition) is 8. The molecule has 2 aliphatic rings. The fourth-order valence-electron chi connectivity index (χ4n) is 3.93. The maximum atomic E-state index is 12.5. The molecular formula is C21H23N3O7S. The highest BCUT2D eigenvalue weighted by atomic mass is 32.1. The molecule has 0 aliphatic carbocycles. The lowest BCUT2D eigenvalue weighted by Gasteiger charge is -2.23. The van der Waals surface area contributed by atoms with Gasteiger partial charge in [0, 0.05) is 24.9 Å². The number of aliphatic hydroxyl groups excluding tert-OH is 2. The maximum Gasteiger partial charge on any atom is 0.261 e. The van der Waals surface area contributed by atoms with Crippen LogP contribution < -0.4 is 5.56 Å². The molecule has 3 N–H and O–H groups in total. The van der Waals surface area contributed by atoms with E-state index in [0.717, 1.165) is 0 Å². The van der Waals surface area contributed by atoms with Crippen LogP contribution in [-0.2, 0) is 9.47 Å². The number of rotatable bonds is 7. The molecule has 0 spiro atoms. The number of hydrogen-bond donors (Lipinski definition) is 3. The first-order chi connectivity index (χ1) is 15.3. The van der Waals surface area contributed by atoms with Crippen molar-refractivity contribution >= 4 is 24.0 Å². The summed E-state index contributed by atoms with van der Waals surface area (Å²) in [5.74, 6) is -0.689. The largest absolute Gasteiger partial charge is 0.394 e. The number of aliphatic hydroxyl groups is 2. The van der Waals surface area contributed by atoms with Gasteiger partial charge in [-0.05, 0) is 37.7 Å². The fourth-order valence-corrected chi connectivity index (χ4v) is 4.18. The minimum atomic E-state index is -1.14. The van der Waals surface area contributed by atoms with E-state index >= 15 is 0 Å². The Kier molecular flexibility index (Phi) is 6.35.